The fraction of sp³-hybridized carbons (Fsp3) is 0.393. The van der Waals surface area contributed by atoms with E-state index >= 15 is 0 Å². The summed E-state index contributed by atoms with van der Waals surface area (Å²) in [5.74, 6) is 0.824. The van der Waals surface area contributed by atoms with E-state index in [2.05, 4.69) is 22.8 Å². The molecular formula is C28H36N6O3. The van der Waals surface area contributed by atoms with Crippen LogP contribution in [0.25, 0.3) is 21.9 Å². The Hall–Kier alpha value is -3.53. The number of pyridine rings is 1. The summed E-state index contributed by atoms with van der Waals surface area (Å²) in [7, 11) is 0. The molecular weight excluding hydrogens is 468 g/mol. The van der Waals surface area contributed by atoms with Gasteiger partial charge in [-0.15, -0.1) is 0 Å². The van der Waals surface area contributed by atoms with Crippen molar-refractivity contribution in [1.82, 2.24) is 14.5 Å². The molecule has 9 heteroatoms. The number of nitrogens with zero attached hydrogens (tertiary/aromatic N) is 3. The summed E-state index contributed by atoms with van der Waals surface area (Å²) in [6.45, 7) is 8.47. The molecule has 0 bridgehead atoms. The van der Waals surface area contributed by atoms with Crippen LogP contribution in [0.2, 0.25) is 0 Å². The number of imidazole rings is 1. The topological polar surface area (TPSA) is 144 Å². The van der Waals surface area contributed by atoms with E-state index in [1.807, 2.05) is 45.0 Å². The highest BCUT2D eigenvalue weighted by Gasteiger charge is 2.25. The lowest BCUT2D eigenvalue weighted by Gasteiger charge is -2.27. The van der Waals surface area contributed by atoms with Crippen molar-refractivity contribution >= 4 is 33.7 Å². The van der Waals surface area contributed by atoms with Crippen molar-refractivity contribution in [2.75, 3.05) is 25.5 Å². The normalized spacial score (nSPS) is 12.0. The van der Waals surface area contributed by atoms with Crippen LogP contribution in [0.3, 0.4) is 0 Å². The first kappa shape index (κ1) is 26.5. The van der Waals surface area contributed by atoms with E-state index in [4.69, 9.17) is 36.6 Å². The van der Waals surface area contributed by atoms with Crippen molar-refractivity contribution in [2.45, 2.75) is 52.4 Å². The molecule has 4 aromatic rings. The molecule has 0 atom stereocenters. The molecule has 0 saturated carbocycles. The molecule has 9 nitrogen and oxygen atoms in total. The Morgan fingerprint density at radius 1 is 1.05 bits per heavy atom. The van der Waals surface area contributed by atoms with Gasteiger partial charge in [-0.05, 0) is 49.9 Å². The summed E-state index contributed by atoms with van der Waals surface area (Å²) in [6.07, 6.45) is 0.962. The molecule has 0 aliphatic rings. The first-order valence-electron chi connectivity index (χ1n) is 12.6. The molecule has 0 unspecified atom stereocenters. The molecule has 4 rings (SSSR count). The predicted octanol–water partition coefficient (Wildman–Crippen LogP) is 3.08. The average molecular weight is 505 g/mol. The molecule has 2 aromatic heterocycles. The van der Waals surface area contributed by atoms with E-state index in [1.165, 1.54) is 0 Å². The molecule has 0 fully saturated rings. The number of aromatic nitrogens is 3. The third kappa shape index (κ3) is 6.25. The van der Waals surface area contributed by atoms with E-state index in [0.717, 1.165) is 45.4 Å². The quantitative estimate of drug-likeness (QED) is 0.269. The maximum atomic E-state index is 11.2. The Kier molecular flexibility index (Phi) is 8.06. The summed E-state index contributed by atoms with van der Waals surface area (Å²) in [4.78, 5) is 20.7. The number of anilines is 1. The highest BCUT2D eigenvalue weighted by atomic mass is 16.5. The second-order valence-corrected chi connectivity index (χ2v) is 9.83. The number of hydrogen-bond donors (Lipinski definition) is 3. The average Bonchev–Trinajstić information content (AvgIpc) is 3.20. The first-order chi connectivity index (χ1) is 17.7. The van der Waals surface area contributed by atoms with Crippen LogP contribution in [0.15, 0.2) is 42.5 Å². The fourth-order valence-corrected chi connectivity index (χ4v) is 4.56. The summed E-state index contributed by atoms with van der Waals surface area (Å²) < 4.78 is 13.9. The smallest absolute Gasteiger partial charge is 0.221 e. The van der Waals surface area contributed by atoms with Gasteiger partial charge in [-0.1, -0.05) is 36.4 Å². The van der Waals surface area contributed by atoms with Gasteiger partial charge in [0, 0.05) is 18.5 Å². The molecule has 0 aliphatic heterocycles. The van der Waals surface area contributed by atoms with Gasteiger partial charge in [-0.25, -0.2) is 9.97 Å². The predicted molar refractivity (Wildman–Crippen MR) is 146 cm³/mol. The number of benzene rings is 2. The number of nitrogen functional groups attached to an aromatic ring is 1. The lowest BCUT2D eigenvalue weighted by molar-refractivity contribution is -0.117. The van der Waals surface area contributed by atoms with Crippen LogP contribution >= 0.6 is 0 Å². The highest BCUT2D eigenvalue weighted by Crippen LogP contribution is 2.31. The molecule has 37 heavy (non-hydrogen) atoms. The number of carbonyl (C=O) groups excluding carboxylic acids is 1. The van der Waals surface area contributed by atoms with Crippen molar-refractivity contribution in [3.8, 4) is 0 Å². The van der Waals surface area contributed by atoms with Gasteiger partial charge in [-0.3, -0.25) is 4.79 Å². The summed E-state index contributed by atoms with van der Waals surface area (Å²) in [6, 6.07) is 14.2. The first-order valence-corrected chi connectivity index (χ1v) is 12.6. The van der Waals surface area contributed by atoms with E-state index in [9.17, 15) is 4.79 Å². The standard InChI is InChI=1S/C28H36N6O3/c1-4-36-16-24-33-25-26(34(24)17-28(2,3)37-12-11-29)21-10-9-20(14-22(21)32-27(25)31)13-18-5-7-19(8-6-18)15-23(30)35/h5-10,14H,4,11-13,15-17,29H2,1-3H3,(H2,30,35)(H2,31,32). The van der Waals surface area contributed by atoms with E-state index in [-0.39, 0.29) is 12.3 Å². The van der Waals surface area contributed by atoms with Gasteiger partial charge < -0.3 is 31.2 Å². The van der Waals surface area contributed by atoms with Crippen molar-refractivity contribution in [3.05, 3.63) is 65.0 Å². The number of fused-ring (bicyclic) bond motifs is 3. The van der Waals surface area contributed by atoms with Gasteiger partial charge in [-0.2, -0.15) is 0 Å². The zero-order chi connectivity index (χ0) is 26.6. The molecule has 1 amide bonds. The van der Waals surface area contributed by atoms with Crippen LogP contribution in [-0.2, 0) is 40.3 Å². The number of rotatable bonds is 12. The van der Waals surface area contributed by atoms with Gasteiger partial charge in [0.1, 0.15) is 17.9 Å². The molecule has 2 aromatic carbocycles. The van der Waals surface area contributed by atoms with Crippen molar-refractivity contribution in [1.29, 1.82) is 0 Å². The van der Waals surface area contributed by atoms with Gasteiger partial charge in [0.05, 0.1) is 36.2 Å². The summed E-state index contributed by atoms with van der Waals surface area (Å²) in [5, 5.41) is 0.967. The summed E-state index contributed by atoms with van der Waals surface area (Å²) >= 11 is 0. The van der Waals surface area contributed by atoms with Crippen LogP contribution in [0, 0.1) is 0 Å². The Morgan fingerprint density at radius 2 is 1.76 bits per heavy atom. The van der Waals surface area contributed by atoms with Crippen molar-refractivity contribution in [3.63, 3.8) is 0 Å². The second kappa shape index (κ2) is 11.2. The van der Waals surface area contributed by atoms with Crippen LogP contribution in [-0.4, -0.2) is 45.8 Å². The molecule has 0 aliphatic carbocycles. The lowest BCUT2D eigenvalue weighted by Crippen LogP contribution is -2.33. The van der Waals surface area contributed by atoms with E-state index in [1.54, 1.807) is 0 Å². The SMILES string of the molecule is CCOCc1nc2c(N)nc3cc(Cc4ccc(CC(N)=O)cc4)ccc3c2n1CC(C)(C)OCCN. The number of ether oxygens (including phenoxy) is 2. The molecule has 6 N–H and O–H groups in total. The number of hydrogen-bond acceptors (Lipinski definition) is 7. The Bertz CT molecular complexity index is 1400. The van der Waals surface area contributed by atoms with Crippen LogP contribution in [0.1, 0.15) is 43.3 Å². The molecule has 196 valence electrons. The molecule has 0 radical (unpaired) electrons. The number of amides is 1. The van der Waals surface area contributed by atoms with Crippen molar-refractivity contribution < 1.29 is 14.3 Å². The third-order valence-electron chi connectivity index (χ3n) is 6.24. The van der Waals surface area contributed by atoms with Crippen molar-refractivity contribution in [2.24, 2.45) is 11.5 Å². The van der Waals surface area contributed by atoms with Crippen LogP contribution < -0.4 is 17.2 Å². The number of primary amides is 1. The molecule has 2 heterocycles. The lowest BCUT2D eigenvalue weighted by atomic mass is 10.0. The number of carbonyl (C=O) groups is 1. The minimum atomic E-state index is -0.473. The Morgan fingerprint density at radius 3 is 2.43 bits per heavy atom. The van der Waals surface area contributed by atoms with Gasteiger partial charge >= 0.3 is 0 Å². The minimum Gasteiger partial charge on any atom is -0.382 e. The van der Waals surface area contributed by atoms with Gasteiger partial charge in [0.25, 0.3) is 0 Å². The highest BCUT2D eigenvalue weighted by molar-refractivity contribution is 6.06. The second-order valence-electron chi connectivity index (χ2n) is 9.83. The van der Waals surface area contributed by atoms with Gasteiger partial charge in [0.2, 0.25) is 5.91 Å². The molecule has 0 saturated heterocycles. The third-order valence-corrected chi connectivity index (χ3v) is 6.24. The summed E-state index contributed by atoms with van der Waals surface area (Å²) in [5.41, 5.74) is 22.5. The van der Waals surface area contributed by atoms with E-state index < -0.39 is 5.60 Å². The molecule has 0 spiro atoms. The zero-order valence-corrected chi connectivity index (χ0v) is 21.8. The minimum absolute atomic E-state index is 0.239. The van der Waals surface area contributed by atoms with Crippen LogP contribution in [0.4, 0.5) is 5.82 Å². The fourth-order valence-electron chi connectivity index (χ4n) is 4.56. The van der Waals surface area contributed by atoms with Gasteiger partial charge in [0.15, 0.2) is 5.82 Å². The maximum absolute atomic E-state index is 11.2. The largest absolute Gasteiger partial charge is 0.382 e. The van der Waals surface area contributed by atoms with E-state index in [0.29, 0.717) is 44.2 Å². The zero-order valence-electron chi connectivity index (χ0n) is 21.8. The maximum Gasteiger partial charge on any atom is 0.221 e. The number of nitrogens with two attached hydrogens (primary N) is 3. The Balaban J connectivity index is 1.74. The van der Waals surface area contributed by atoms with Crippen LogP contribution in [0.5, 0.6) is 0 Å². The Labute approximate surface area is 216 Å². The monoisotopic (exact) mass is 504 g/mol.